The van der Waals surface area contributed by atoms with Crippen molar-refractivity contribution in [3.63, 3.8) is 0 Å². The number of hydrogen-bond acceptors (Lipinski definition) is 3. The zero-order valence-corrected chi connectivity index (χ0v) is 11.3. The summed E-state index contributed by atoms with van der Waals surface area (Å²) in [5.41, 5.74) is 1.30. The summed E-state index contributed by atoms with van der Waals surface area (Å²) >= 11 is 0. The average molecular weight is 265 g/mol. The van der Waals surface area contributed by atoms with Crippen LogP contribution in [0.3, 0.4) is 0 Å². The molecule has 0 spiro atoms. The number of ether oxygens (including phenoxy) is 1. The second kappa shape index (κ2) is 6.89. The second-order valence-corrected chi connectivity index (χ2v) is 4.67. The van der Waals surface area contributed by atoms with Gasteiger partial charge < -0.3 is 15.2 Å². The molecule has 0 heterocycles. The molecule has 1 aromatic carbocycles. The van der Waals surface area contributed by atoms with Crippen molar-refractivity contribution in [3.05, 3.63) is 35.4 Å². The van der Waals surface area contributed by atoms with Crippen molar-refractivity contribution in [3.8, 4) is 0 Å². The van der Waals surface area contributed by atoms with Crippen LogP contribution in [0.5, 0.6) is 0 Å². The molecule has 2 N–H and O–H groups in total. The Balaban J connectivity index is 2.82. The Morgan fingerprint density at radius 2 is 2.05 bits per heavy atom. The zero-order chi connectivity index (χ0) is 14.4. The Morgan fingerprint density at radius 1 is 1.37 bits per heavy atom. The molecule has 104 valence electrons. The number of carbonyl (C=O) groups is 2. The first-order valence-corrected chi connectivity index (χ1v) is 6.07. The number of carbonyl (C=O) groups excluding carboxylic acids is 1. The van der Waals surface area contributed by atoms with Gasteiger partial charge in [0.05, 0.1) is 6.61 Å². The summed E-state index contributed by atoms with van der Waals surface area (Å²) in [5.74, 6) is -1.60. The Bertz CT molecular complexity index is 457. The molecule has 0 aliphatic carbocycles. The van der Waals surface area contributed by atoms with Crippen LogP contribution in [0.15, 0.2) is 24.3 Å². The molecule has 0 bridgehead atoms. The van der Waals surface area contributed by atoms with Crippen LogP contribution in [-0.4, -0.2) is 30.1 Å². The van der Waals surface area contributed by atoms with Gasteiger partial charge in [0.1, 0.15) is 6.04 Å². The highest BCUT2D eigenvalue weighted by Gasteiger charge is 2.23. The molecule has 0 aliphatic heterocycles. The number of rotatable bonds is 6. The molecule has 1 unspecified atom stereocenters. The van der Waals surface area contributed by atoms with E-state index in [9.17, 15) is 9.59 Å². The van der Waals surface area contributed by atoms with Crippen molar-refractivity contribution in [2.24, 2.45) is 5.92 Å². The van der Waals surface area contributed by atoms with E-state index in [1.54, 1.807) is 39.2 Å². The third-order valence-electron chi connectivity index (χ3n) is 2.72. The lowest BCUT2D eigenvalue weighted by Gasteiger charge is -2.18. The van der Waals surface area contributed by atoms with Gasteiger partial charge in [-0.3, -0.25) is 4.79 Å². The van der Waals surface area contributed by atoms with Gasteiger partial charge in [0.15, 0.2) is 0 Å². The fraction of sp³-hybridized carbons (Fsp3) is 0.429. The zero-order valence-electron chi connectivity index (χ0n) is 11.3. The molecule has 0 aliphatic rings. The molecule has 19 heavy (non-hydrogen) atoms. The van der Waals surface area contributed by atoms with E-state index in [0.29, 0.717) is 12.2 Å². The molecule has 5 nitrogen and oxygen atoms in total. The molecule has 0 fully saturated rings. The number of aliphatic carboxylic acids is 1. The number of nitrogens with one attached hydrogen (secondary N) is 1. The minimum atomic E-state index is -1.03. The smallest absolute Gasteiger partial charge is 0.326 e. The SMILES string of the molecule is COCc1cccc(C(=O)NC(C(=O)O)C(C)C)c1. The van der Waals surface area contributed by atoms with Crippen molar-refractivity contribution >= 4 is 11.9 Å². The highest BCUT2D eigenvalue weighted by molar-refractivity contribution is 5.96. The van der Waals surface area contributed by atoms with Gasteiger partial charge in [0.2, 0.25) is 0 Å². The van der Waals surface area contributed by atoms with Crippen molar-refractivity contribution in [2.45, 2.75) is 26.5 Å². The van der Waals surface area contributed by atoms with Crippen LogP contribution in [0.1, 0.15) is 29.8 Å². The third-order valence-corrected chi connectivity index (χ3v) is 2.72. The Labute approximate surface area is 112 Å². The number of benzene rings is 1. The molecule has 0 saturated heterocycles. The summed E-state index contributed by atoms with van der Waals surface area (Å²) in [6.07, 6.45) is 0. The average Bonchev–Trinajstić information content (AvgIpc) is 2.35. The van der Waals surface area contributed by atoms with Gasteiger partial charge in [-0.25, -0.2) is 4.79 Å². The quantitative estimate of drug-likeness (QED) is 0.820. The minimum absolute atomic E-state index is 0.177. The molecule has 1 rings (SSSR count). The predicted octanol–water partition coefficient (Wildman–Crippen LogP) is 1.67. The van der Waals surface area contributed by atoms with Crippen molar-refractivity contribution in [2.75, 3.05) is 7.11 Å². The number of hydrogen-bond donors (Lipinski definition) is 2. The topological polar surface area (TPSA) is 75.6 Å². The minimum Gasteiger partial charge on any atom is -0.480 e. The normalized spacial score (nSPS) is 12.2. The lowest BCUT2D eigenvalue weighted by Crippen LogP contribution is -2.44. The van der Waals surface area contributed by atoms with Gasteiger partial charge in [-0.1, -0.05) is 26.0 Å². The molecule has 1 atom stereocenters. The van der Waals surface area contributed by atoms with Gasteiger partial charge in [0.25, 0.3) is 5.91 Å². The fourth-order valence-electron chi connectivity index (χ4n) is 1.71. The summed E-state index contributed by atoms with van der Waals surface area (Å²) in [6, 6.07) is 6.04. The van der Waals surface area contributed by atoms with E-state index >= 15 is 0 Å². The van der Waals surface area contributed by atoms with E-state index in [2.05, 4.69) is 5.32 Å². The first-order valence-electron chi connectivity index (χ1n) is 6.07. The largest absolute Gasteiger partial charge is 0.480 e. The van der Waals surface area contributed by atoms with Crippen molar-refractivity contribution < 1.29 is 19.4 Å². The fourth-order valence-corrected chi connectivity index (χ4v) is 1.71. The Morgan fingerprint density at radius 3 is 2.58 bits per heavy atom. The van der Waals surface area contributed by atoms with E-state index < -0.39 is 12.0 Å². The van der Waals surface area contributed by atoms with Gasteiger partial charge >= 0.3 is 5.97 Å². The summed E-state index contributed by atoms with van der Waals surface area (Å²) in [6.45, 7) is 3.91. The van der Waals surface area contributed by atoms with E-state index in [-0.39, 0.29) is 11.8 Å². The van der Waals surface area contributed by atoms with Crippen LogP contribution in [0, 0.1) is 5.92 Å². The number of amides is 1. The number of carboxylic acids is 1. The predicted molar refractivity (Wildman–Crippen MR) is 70.9 cm³/mol. The summed E-state index contributed by atoms with van der Waals surface area (Å²) in [7, 11) is 1.58. The molecule has 1 amide bonds. The molecule has 0 radical (unpaired) electrons. The molecule has 1 aromatic rings. The Hall–Kier alpha value is -1.88. The van der Waals surface area contributed by atoms with Gasteiger partial charge in [-0.05, 0) is 23.6 Å². The highest BCUT2D eigenvalue weighted by atomic mass is 16.5. The van der Waals surface area contributed by atoms with E-state index in [0.717, 1.165) is 5.56 Å². The maximum Gasteiger partial charge on any atom is 0.326 e. The molecule has 0 aromatic heterocycles. The first-order chi connectivity index (χ1) is 8.95. The maximum atomic E-state index is 12.0. The van der Waals surface area contributed by atoms with E-state index in [1.165, 1.54) is 0 Å². The van der Waals surface area contributed by atoms with Crippen LogP contribution in [0.25, 0.3) is 0 Å². The van der Waals surface area contributed by atoms with E-state index in [1.807, 2.05) is 6.07 Å². The van der Waals surface area contributed by atoms with Crippen LogP contribution in [0.2, 0.25) is 0 Å². The lowest BCUT2D eigenvalue weighted by molar-refractivity contribution is -0.140. The molecule has 5 heteroatoms. The monoisotopic (exact) mass is 265 g/mol. The number of methoxy groups -OCH3 is 1. The van der Waals surface area contributed by atoms with Crippen molar-refractivity contribution in [1.82, 2.24) is 5.32 Å². The lowest BCUT2D eigenvalue weighted by atomic mass is 10.0. The van der Waals surface area contributed by atoms with Crippen LogP contribution >= 0.6 is 0 Å². The standard InChI is InChI=1S/C14H19NO4/c1-9(2)12(14(17)18)15-13(16)11-6-4-5-10(7-11)8-19-3/h4-7,9,12H,8H2,1-3H3,(H,15,16)(H,17,18). The highest BCUT2D eigenvalue weighted by Crippen LogP contribution is 2.08. The maximum absolute atomic E-state index is 12.0. The summed E-state index contributed by atoms with van der Waals surface area (Å²) in [5, 5.41) is 11.6. The van der Waals surface area contributed by atoms with Crippen LogP contribution < -0.4 is 5.32 Å². The van der Waals surface area contributed by atoms with Gasteiger partial charge in [-0.2, -0.15) is 0 Å². The van der Waals surface area contributed by atoms with Crippen LogP contribution in [-0.2, 0) is 16.1 Å². The summed E-state index contributed by atoms with van der Waals surface area (Å²) < 4.78 is 4.99. The first kappa shape index (κ1) is 15.2. The van der Waals surface area contributed by atoms with Gasteiger partial charge in [-0.15, -0.1) is 0 Å². The second-order valence-electron chi connectivity index (χ2n) is 4.67. The van der Waals surface area contributed by atoms with E-state index in [4.69, 9.17) is 9.84 Å². The molecule has 0 saturated carbocycles. The van der Waals surface area contributed by atoms with Gasteiger partial charge in [0, 0.05) is 12.7 Å². The Kier molecular flexibility index (Phi) is 5.51. The molecular weight excluding hydrogens is 246 g/mol. The van der Waals surface area contributed by atoms with Crippen molar-refractivity contribution in [1.29, 1.82) is 0 Å². The number of carboxylic acid groups (broad SMARTS) is 1. The van der Waals surface area contributed by atoms with Crippen LogP contribution in [0.4, 0.5) is 0 Å². The molecular formula is C14H19NO4. The third kappa shape index (κ3) is 4.37. The summed E-state index contributed by atoms with van der Waals surface area (Å²) in [4.78, 5) is 23.0.